The van der Waals surface area contributed by atoms with Gasteiger partial charge in [-0.05, 0) is 39.0 Å². The Hall–Kier alpha value is -1.30. The lowest BCUT2D eigenvalue weighted by atomic mass is 9.87. The Morgan fingerprint density at radius 2 is 1.74 bits per heavy atom. The number of hydrogen-bond donors (Lipinski definition) is 3. The van der Waals surface area contributed by atoms with Gasteiger partial charge in [-0.15, -0.1) is 0 Å². The first-order chi connectivity index (χ1) is 8.47. The van der Waals surface area contributed by atoms with Crippen molar-refractivity contribution >= 4 is 12.1 Å². The first-order valence-electron chi connectivity index (χ1n) is 6.30. The van der Waals surface area contributed by atoms with Crippen LogP contribution in [0.4, 0.5) is 4.79 Å². The summed E-state index contributed by atoms with van der Waals surface area (Å²) in [5.41, 5.74) is -1.04. The van der Waals surface area contributed by atoms with Gasteiger partial charge in [0.2, 0.25) is 0 Å². The number of aliphatic carboxylic acids is 1. The van der Waals surface area contributed by atoms with Crippen LogP contribution in [-0.2, 0) is 9.53 Å². The molecule has 3 N–H and O–H groups in total. The summed E-state index contributed by atoms with van der Waals surface area (Å²) in [5.74, 6) is -1.11. The number of carboxylic acids is 1. The van der Waals surface area contributed by atoms with E-state index < -0.39 is 23.7 Å². The Morgan fingerprint density at radius 1 is 1.21 bits per heavy atom. The number of rotatable bonds is 6. The molecular weight excluding hydrogens is 250 g/mol. The third kappa shape index (κ3) is 8.42. The van der Waals surface area contributed by atoms with E-state index in [9.17, 15) is 9.59 Å². The van der Waals surface area contributed by atoms with Crippen molar-refractivity contribution in [1.29, 1.82) is 0 Å². The van der Waals surface area contributed by atoms with E-state index in [0.717, 1.165) is 0 Å². The zero-order chi connectivity index (χ0) is 15.3. The molecule has 0 aliphatic heterocycles. The van der Waals surface area contributed by atoms with Gasteiger partial charge in [-0.2, -0.15) is 0 Å². The lowest BCUT2D eigenvalue weighted by Gasteiger charge is -2.25. The second-order valence-electron chi connectivity index (χ2n) is 6.40. The minimum absolute atomic E-state index is 0.0359. The number of ether oxygens (including phenoxy) is 1. The lowest BCUT2D eigenvalue weighted by Crippen LogP contribution is -2.44. The average Bonchev–Trinajstić information content (AvgIpc) is 2.21. The van der Waals surface area contributed by atoms with Gasteiger partial charge >= 0.3 is 12.1 Å². The number of carboxylic acid groups (broad SMARTS) is 1. The summed E-state index contributed by atoms with van der Waals surface area (Å²) in [6.45, 7) is 8.75. The number of aliphatic hydroxyl groups excluding tert-OH is 1. The highest BCUT2D eigenvalue weighted by Crippen LogP contribution is 2.22. The van der Waals surface area contributed by atoms with Gasteiger partial charge in [0.1, 0.15) is 11.6 Å². The zero-order valence-electron chi connectivity index (χ0n) is 12.3. The monoisotopic (exact) mass is 275 g/mol. The highest BCUT2D eigenvalue weighted by molar-refractivity contribution is 5.79. The molecule has 0 aliphatic rings. The van der Waals surface area contributed by atoms with Crippen LogP contribution in [0.25, 0.3) is 0 Å². The fourth-order valence-electron chi connectivity index (χ4n) is 1.32. The van der Waals surface area contributed by atoms with E-state index in [4.69, 9.17) is 14.9 Å². The maximum absolute atomic E-state index is 11.5. The van der Waals surface area contributed by atoms with Gasteiger partial charge in [0.15, 0.2) is 0 Å². The number of alkyl carbamates (subject to hydrolysis) is 1. The predicted octanol–water partition coefficient (Wildman–Crippen LogP) is 1.76. The summed E-state index contributed by atoms with van der Waals surface area (Å²) in [6.07, 6.45) is -0.0278. The predicted molar refractivity (Wildman–Crippen MR) is 70.9 cm³/mol. The molecule has 0 aromatic rings. The van der Waals surface area contributed by atoms with Gasteiger partial charge < -0.3 is 20.3 Å². The molecule has 0 aromatic carbocycles. The van der Waals surface area contributed by atoms with Crippen LogP contribution in [0.1, 0.15) is 47.5 Å². The molecule has 0 fully saturated rings. The summed E-state index contributed by atoms with van der Waals surface area (Å²) < 4.78 is 5.01. The molecule has 6 nitrogen and oxygen atoms in total. The summed E-state index contributed by atoms with van der Waals surface area (Å²) in [5, 5.41) is 20.5. The minimum atomic E-state index is -1.11. The molecule has 112 valence electrons. The number of hydrogen-bond acceptors (Lipinski definition) is 4. The first kappa shape index (κ1) is 17.7. The van der Waals surface area contributed by atoms with Gasteiger partial charge in [0.05, 0.1) is 0 Å². The normalized spacial score (nSPS) is 13.8. The molecule has 0 bridgehead atoms. The van der Waals surface area contributed by atoms with E-state index >= 15 is 0 Å². The summed E-state index contributed by atoms with van der Waals surface area (Å²) in [6, 6.07) is -1.01. The molecule has 0 unspecified atom stereocenters. The third-order valence-corrected chi connectivity index (χ3v) is 2.53. The second kappa shape index (κ2) is 6.75. The van der Waals surface area contributed by atoms with E-state index in [1.807, 2.05) is 13.8 Å². The van der Waals surface area contributed by atoms with E-state index in [0.29, 0.717) is 6.42 Å². The Labute approximate surface area is 114 Å². The smallest absolute Gasteiger partial charge is 0.408 e. The fraction of sp³-hybridized carbons (Fsp3) is 0.846. The van der Waals surface area contributed by atoms with Gasteiger partial charge in [0.25, 0.3) is 0 Å². The Balaban J connectivity index is 4.43. The van der Waals surface area contributed by atoms with Crippen LogP contribution in [0.3, 0.4) is 0 Å². The van der Waals surface area contributed by atoms with Crippen molar-refractivity contribution in [1.82, 2.24) is 5.32 Å². The number of aliphatic hydroxyl groups is 1. The van der Waals surface area contributed by atoms with Crippen LogP contribution < -0.4 is 5.32 Å². The largest absolute Gasteiger partial charge is 0.480 e. The van der Waals surface area contributed by atoms with Crippen molar-refractivity contribution in [3.8, 4) is 0 Å². The topological polar surface area (TPSA) is 95.9 Å². The first-order valence-corrected chi connectivity index (χ1v) is 6.30. The molecule has 0 spiro atoms. The van der Waals surface area contributed by atoms with Gasteiger partial charge in [0, 0.05) is 6.61 Å². The molecular formula is C13H25NO5. The molecule has 1 amide bonds. The zero-order valence-corrected chi connectivity index (χ0v) is 12.3. The Bertz CT molecular complexity index is 319. The maximum atomic E-state index is 11.5. The van der Waals surface area contributed by atoms with E-state index in [-0.39, 0.29) is 18.4 Å². The van der Waals surface area contributed by atoms with E-state index in [2.05, 4.69) is 5.32 Å². The van der Waals surface area contributed by atoms with Crippen LogP contribution in [-0.4, -0.2) is 40.5 Å². The molecule has 0 aliphatic carbocycles. The highest BCUT2D eigenvalue weighted by Gasteiger charge is 2.26. The van der Waals surface area contributed by atoms with E-state index in [1.54, 1.807) is 20.8 Å². The van der Waals surface area contributed by atoms with Gasteiger partial charge in [-0.25, -0.2) is 9.59 Å². The molecule has 0 radical (unpaired) electrons. The molecule has 0 rings (SSSR count). The summed E-state index contributed by atoms with van der Waals surface area (Å²) in [4.78, 5) is 22.6. The van der Waals surface area contributed by atoms with Crippen molar-refractivity contribution in [3.63, 3.8) is 0 Å². The third-order valence-electron chi connectivity index (χ3n) is 2.53. The second-order valence-corrected chi connectivity index (χ2v) is 6.40. The maximum Gasteiger partial charge on any atom is 0.408 e. The average molecular weight is 275 g/mol. The molecule has 0 saturated carbocycles. The summed E-state index contributed by atoms with van der Waals surface area (Å²) in [7, 11) is 0. The highest BCUT2D eigenvalue weighted by atomic mass is 16.6. The quantitative estimate of drug-likeness (QED) is 0.686. The molecule has 0 aromatic heterocycles. The fourth-order valence-corrected chi connectivity index (χ4v) is 1.32. The van der Waals surface area contributed by atoms with Crippen LogP contribution in [0, 0.1) is 5.41 Å². The van der Waals surface area contributed by atoms with Crippen molar-refractivity contribution in [3.05, 3.63) is 0 Å². The van der Waals surface area contributed by atoms with Crippen molar-refractivity contribution in [2.75, 3.05) is 6.61 Å². The number of nitrogens with one attached hydrogen (secondary N) is 1. The Morgan fingerprint density at radius 3 is 2.11 bits per heavy atom. The van der Waals surface area contributed by atoms with E-state index in [1.165, 1.54) is 0 Å². The van der Waals surface area contributed by atoms with Crippen LogP contribution in [0.15, 0.2) is 0 Å². The van der Waals surface area contributed by atoms with Crippen LogP contribution in [0.5, 0.6) is 0 Å². The SMILES string of the molecule is CC(C)(CO)CC[C@H](NC(=O)OC(C)(C)C)C(=O)O. The summed E-state index contributed by atoms with van der Waals surface area (Å²) >= 11 is 0. The number of carbonyl (C=O) groups is 2. The molecule has 19 heavy (non-hydrogen) atoms. The van der Waals surface area contributed by atoms with Crippen LogP contribution in [0.2, 0.25) is 0 Å². The van der Waals surface area contributed by atoms with Crippen molar-refractivity contribution in [2.24, 2.45) is 5.41 Å². The van der Waals surface area contributed by atoms with Crippen LogP contribution >= 0.6 is 0 Å². The molecule has 0 saturated heterocycles. The molecule has 6 heteroatoms. The molecule has 1 atom stereocenters. The minimum Gasteiger partial charge on any atom is -0.480 e. The number of carbonyl (C=O) groups excluding carboxylic acids is 1. The lowest BCUT2D eigenvalue weighted by molar-refractivity contribution is -0.139. The van der Waals surface area contributed by atoms with Crippen molar-refractivity contribution < 1.29 is 24.5 Å². The Kier molecular flexibility index (Phi) is 6.29. The van der Waals surface area contributed by atoms with Gasteiger partial charge in [-0.1, -0.05) is 13.8 Å². The van der Waals surface area contributed by atoms with Crippen molar-refractivity contribution in [2.45, 2.75) is 59.1 Å². The van der Waals surface area contributed by atoms with Gasteiger partial charge in [-0.3, -0.25) is 0 Å². The number of amides is 1. The molecule has 0 heterocycles. The standard InChI is InChI=1S/C13H25NO5/c1-12(2,3)19-11(18)14-9(10(16)17)6-7-13(4,5)8-15/h9,15H,6-8H2,1-5H3,(H,14,18)(H,16,17)/t9-/m0/s1.